The minimum Gasteiger partial charge on any atom is -0.870 e. The number of fused-ring (bicyclic) bond motifs is 10. The third-order valence-electron chi connectivity index (χ3n) is 17.2. The molecule has 0 spiro atoms. The molecule has 0 heterocycles. The number of hydrogen-bond acceptors (Lipinski definition) is 5. The Balaban J connectivity index is 0.000000363. The molecule has 8 rings (SSSR count). The van der Waals surface area contributed by atoms with Crippen molar-refractivity contribution in [1.82, 2.24) is 0 Å². The van der Waals surface area contributed by atoms with Gasteiger partial charge >= 0.3 is 29.6 Å². The second-order valence-corrected chi connectivity index (χ2v) is 18.8. The Hall–Kier alpha value is 0.220. The molecule has 6 heteroatoms. The largest absolute Gasteiger partial charge is 1.00 e. The zero-order chi connectivity index (χ0) is 40.1. The van der Waals surface area contributed by atoms with E-state index in [0.29, 0.717) is 61.1 Å². The summed E-state index contributed by atoms with van der Waals surface area (Å²) in [5.74, 6) is 0.164. The van der Waals surface area contributed by atoms with E-state index in [0.717, 1.165) is 77.0 Å². The molecule has 0 aliphatic heterocycles. The fourth-order valence-electron chi connectivity index (χ4n) is 14.7. The predicted molar refractivity (Wildman–Crippen MR) is 206 cm³/mol. The van der Waals surface area contributed by atoms with Gasteiger partial charge in [0.25, 0.3) is 0 Å². The van der Waals surface area contributed by atoms with E-state index in [1.807, 2.05) is 6.92 Å². The van der Waals surface area contributed by atoms with Crippen molar-refractivity contribution in [3.63, 3.8) is 0 Å². The van der Waals surface area contributed by atoms with Gasteiger partial charge in [-0.25, -0.2) is 0 Å². The quantitative estimate of drug-likeness (QED) is 0.281. The number of carbonyl (C=O) groups is 2. The zero-order valence-corrected chi connectivity index (χ0v) is 33.0. The summed E-state index contributed by atoms with van der Waals surface area (Å²) in [6.07, 6.45) is 15.1. The van der Waals surface area contributed by atoms with Gasteiger partial charge in [0.2, 0.25) is 0 Å². The molecule has 8 aliphatic rings. The molecule has 0 amide bonds. The van der Waals surface area contributed by atoms with E-state index in [9.17, 15) is 19.8 Å². The Labute approximate surface area is 347 Å². The Kier molecular flexibility index (Phi) is 12.4. The van der Waals surface area contributed by atoms with Crippen LogP contribution < -0.4 is 29.6 Å². The molecule has 0 radical (unpaired) electrons. The van der Waals surface area contributed by atoms with Crippen LogP contribution in [0.1, 0.15) is 189 Å². The van der Waals surface area contributed by atoms with Crippen LogP contribution >= 0.6 is 0 Å². The summed E-state index contributed by atoms with van der Waals surface area (Å²) in [7, 11) is 0. The van der Waals surface area contributed by atoms with Crippen molar-refractivity contribution < 1.29 is 64.5 Å². The van der Waals surface area contributed by atoms with Gasteiger partial charge in [-0.3, -0.25) is 9.59 Å². The van der Waals surface area contributed by atoms with E-state index in [1.165, 1.54) is 12.8 Å². The molecule has 0 aromatic carbocycles. The molecule has 292 valence electrons. The molecule has 8 saturated carbocycles. The molecule has 5 nitrogen and oxygen atoms in total. The summed E-state index contributed by atoms with van der Waals surface area (Å²) in [5, 5.41) is 20.3. The average molecular weight is 732 g/mol. The molecule has 0 unspecified atom stereocenters. The smallest absolute Gasteiger partial charge is 0.870 e. The Morgan fingerprint density at radius 3 is 1.47 bits per heavy atom. The van der Waals surface area contributed by atoms with Gasteiger partial charge in [0.05, 0.1) is 12.2 Å². The van der Waals surface area contributed by atoms with Crippen molar-refractivity contribution in [2.45, 2.75) is 192 Å². The molecule has 51 heavy (non-hydrogen) atoms. The maximum atomic E-state index is 12.8. The second-order valence-electron chi connectivity index (χ2n) is 18.8. The summed E-state index contributed by atoms with van der Waals surface area (Å²) in [6, 6.07) is 0. The number of aliphatic hydroxyl groups is 2. The topological polar surface area (TPSA) is 105 Å². The molecular weight excluding hydrogens is 643 g/mol. The molecule has 16 atom stereocenters. The Morgan fingerprint density at radius 2 is 1.00 bits per heavy atom. The minimum absolute atomic E-state index is 0. The van der Waals surface area contributed by atoms with Crippen molar-refractivity contribution in [2.75, 3.05) is 0 Å². The number of rotatable bonds is 2. The maximum absolute atomic E-state index is 12.8. The summed E-state index contributed by atoms with van der Waals surface area (Å²) in [5.41, 5.74) is 7.04. The molecule has 8 fully saturated rings. The van der Waals surface area contributed by atoms with E-state index in [2.05, 4.69) is 22.2 Å². The van der Waals surface area contributed by atoms with Crippen molar-refractivity contribution >= 4 is 11.6 Å². The van der Waals surface area contributed by atoms with Crippen LogP contribution in [0.3, 0.4) is 0 Å². The van der Waals surface area contributed by atoms with Gasteiger partial charge in [0, 0.05) is 20.0 Å². The summed E-state index contributed by atoms with van der Waals surface area (Å²) >= 11 is 0. The molecule has 0 bridgehead atoms. The molecule has 0 saturated heterocycles. The van der Waals surface area contributed by atoms with Crippen LogP contribution in [0.2, 0.25) is 0 Å². The molecule has 0 aromatic rings. The van der Waals surface area contributed by atoms with Gasteiger partial charge in [-0.2, -0.15) is 0 Å². The van der Waals surface area contributed by atoms with Crippen LogP contribution in [-0.4, -0.2) is 39.5 Å². The fraction of sp³-hybridized carbons (Fsp3) is 0.956. The van der Waals surface area contributed by atoms with E-state index in [-0.39, 0.29) is 92.1 Å². The van der Waals surface area contributed by atoms with Crippen LogP contribution in [0.4, 0.5) is 0 Å². The fourth-order valence-corrected chi connectivity index (χ4v) is 14.7. The van der Waals surface area contributed by atoms with Gasteiger partial charge in [0.1, 0.15) is 11.6 Å². The maximum Gasteiger partial charge on any atom is 1.00 e. The van der Waals surface area contributed by atoms with Crippen LogP contribution in [0, 0.1) is 80.8 Å². The first-order chi connectivity index (χ1) is 25.0. The molecule has 0 aromatic heterocycles. The first kappa shape index (κ1) is 36.8. The van der Waals surface area contributed by atoms with Crippen LogP contribution in [-0.2, 0) is 9.59 Å². The SMILES string of the molecule is C.C.C.[2H]C([2H])([2H])C(=O)[C@@]1([2H])CC[C@H]2[C@@H]3CC[C@]4([2H])C[C@@H](O)CC[C@]4(C)[C@H]3CC[C@@]21C.[2H][C@]12CC[C@H]3[C@@H]4CC[C@H](C(C)=O)[C@@]4(C)CC[C@@H]3[C@@]1(C)CC[C@H](O)C2.[2H][O-].[Na+]. The number of aliphatic hydroxyl groups excluding tert-OH is 2. The monoisotopic (exact) mass is 732 g/mol. The van der Waals surface area contributed by atoms with Crippen molar-refractivity contribution in [3.05, 3.63) is 0 Å². The number of hydrogen-bond donors (Lipinski definition) is 2. The van der Waals surface area contributed by atoms with Crippen molar-refractivity contribution in [1.29, 1.82) is 0 Å². The molecule has 8 aliphatic carbocycles. The number of Topliss-reactive ketones (excluding diaryl/α,β-unsaturated/α-hetero) is 2. The van der Waals surface area contributed by atoms with Gasteiger partial charge in [0.15, 0.2) is 0 Å². The van der Waals surface area contributed by atoms with Crippen molar-refractivity contribution in [3.8, 4) is 0 Å². The van der Waals surface area contributed by atoms with Gasteiger partial charge in [-0.15, -0.1) is 1.43 Å². The van der Waals surface area contributed by atoms with Crippen LogP contribution in [0.15, 0.2) is 0 Å². The first-order valence-electron chi connectivity index (χ1n) is 22.8. The molecule has 3 N–H and O–H groups in total. The Morgan fingerprint density at radius 1 is 0.588 bits per heavy atom. The minimum atomic E-state index is -2.72. The van der Waals surface area contributed by atoms with Gasteiger partial charge < -0.3 is 15.7 Å². The van der Waals surface area contributed by atoms with E-state index in [4.69, 9.17) is 13.7 Å². The first-order valence-corrected chi connectivity index (χ1v) is 19.4. The summed E-state index contributed by atoms with van der Waals surface area (Å²) in [6.45, 7) is 8.06. The Bertz CT molecular complexity index is 1450. The standard InChI is InChI=1S/2C21H34O2.3CH4.Na.H2O/c2*1-13(22)17-6-7-18-16-5-4-14-12-15(23)8-10-20(14,2)19(16)9-11-21(17,18)3;;;;;/h2*14-19,23H,4-12H2,1-3H3;3*1H4;;1H2/q;;;;;+1;/p-1/t2*14-,15+,16+,17-,18+,19+,20+,21-;;;;;/m11...../s1/i1D3,14D,17D;14D;;;;;/hD. The van der Waals surface area contributed by atoms with Crippen LogP contribution in [0.5, 0.6) is 0 Å². The third-order valence-corrected chi connectivity index (χ3v) is 17.2. The van der Waals surface area contributed by atoms with E-state index >= 15 is 0 Å². The second kappa shape index (κ2) is 17.2. The average Bonchev–Trinajstić information content (AvgIpc) is 3.60. The summed E-state index contributed by atoms with van der Waals surface area (Å²) < 4.78 is 54.7. The number of ketones is 2. The zero-order valence-electron chi connectivity index (χ0n) is 38.0. The summed E-state index contributed by atoms with van der Waals surface area (Å²) in [4.78, 5) is 25.0. The normalized spacial score (nSPS) is 56.6. The number of carbonyl (C=O) groups excluding carboxylic acids is 2. The molecular formula is C45H81NaO5. The van der Waals surface area contributed by atoms with Gasteiger partial charge in [-0.05, 0) is 198 Å². The van der Waals surface area contributed by atoms with Crippen LogP contribution in [0.25, 0.3) is 0 Å². The van der Waals surface area contributed by atoms with E-state index in [1.54, 1.807) is 6.92 Å². The predicted octanol–water partition coefficient (Wildman–Crippen LogP) is 7.93. The van der Waals surface area contributed by atoms with E-state index < -0.39 is 35.7 Å². The van der Waals surface area contributed by atoms with Crippen molar-refractivity contribution in [2.24, 2.45) is 80.8 Å². The third kappa shape index (κ3) is 7.57. The van der Waals surface area contributed by atoms with Gasteiger partial charge in [-0.1, -0.05) is 50.0 Å².